The van der Waals surface area contributed by atoms with Crippen molar-refractivity contribution in [1.82, 2.24) is 0 Å². The highest BCUT2D eigenvalue weighted by Crippen LogP contribution is 2.43. The molecular formula is C17H23F2N3. The molecule has 0 spiro atoms. The fraction of sp³-hybridized carbons (Fsp3) is 0.588. The number of halogens is 2. The lowest BCUT2D eigenvalue weighted by atomic mass is 9.79. The van der Waals surface area contributed by atoms with Crippen molar-refractivity contribution in [2.45, 2.75) is 50.9 Å². The van der Waals surface area contributed by atoms with Gasteiger partial charge in [-0.15, -0.1) is 0 Å². The van der Waals surface area contributed by atoms with E-state index in [9.17, 15) is 8.78 Å². The molecular weight excluding hydrogens is 284 g/mol. The number of aliphatic imine (C=N–C) groups is 1. The first-order chi connectivity index (χ1) is 10.5. The molecule has 0 radical (unpaired) electrons. The molecule has 0 aliphatic heterocycles. The molecule has 2 aliphatic rings. The van der Waals surface area contributed by atoms with Crippen molar-refractivity contribution in [1.29, 1.82) is 0 Å². The number of hydrogen-bond donors (Lipinski definition) is 2. The van der Waals surface area contributed by atoms with Crippen LogP contribution in [0.3, 0.4) is 0 Å². The van der Waals surface area contributed by atoms with Gasteiger partial charge in [0.15, 0.2) is 5.96 Å². The van der Waals surface area contributed by atoms with E-state index in [1.807, 2.05) is 12.1 Å². The first kappa shape index (κ1) is 15.3. The summed E-state index contributed by atoms with van der Waals surface area (Å²) in [6, 6.07) is 6.24. The van der Waals surface area contributed by atoms with E-state index in [2.05, 4.69) is 16.4 Å². The summed E-state index contributed by atoms with van der Waals surface area (Å²) in [7, 11) is 0. The molecule has 0 aromatic heterocycles. The van der Waals surface area contributed by atoms with Crippen molar-refractivity contribution in [3.05, 3.63) is 29.3 Å². The number of anilines is 1. The number of hydrogen-bond acceptors (Lipinski definition) is 1. The Morgan fingerprint density at radius 3 is 2.82 bits per heavy atom. The van der Waals surface area contributed by atoms with Crippen molar-refractivity contribution in [3.8, 4) is 0 Å². The van der Waals surface area contributed by atoms with Crippen molar-refractivity contribution in [2.75, 3.05) is 11.9 Å². The third-order valence-corrected chi connectivity index (χ3v) is 4.65. The number of nitrogens with two attached hydrogens (primary N) is 1. The van der Waals surface area contributed by atoms with Crippen molar-refractivity contribution >= 4 is 11.6 Å². The quantitative estimate of drug-likeness (QED) is 0.658. The maximum absolute atomic E-state index is 12.7. The molecule has 120 valence electrons. The number of rotatable bonds is 4. The number of guanidine groups is 1. The van der Waals surface area contributed by atoms with Crippen LogP contribution in [0.25, 0.3) is 0 Å². The fourth-order valence-corrected chi connectivity index (χ4v) is 3.43. The van der Waals surface area contributed by atoms with E-state index in [1.165, 1.54) is 24.0 Å². The van der Waals surface area contributed by atoms with Gasteiger partial charge in [0.1, 0.15) is 0 Å². The minimum Gasteiger partial charge on any atom is -0.370 e. The Morgan fingerprint density at radius 2 is 2.05 bits per heavy atom. The SMILES string of the molecule is NC(=NCCC1CC(F)(F)C1)Nc1cccc2c1CCCC2. The van der Waals surface area contributed by atoms with Crippen LogP contribution >= 0.6 is 0 Å². The van der Waals surface area contributed by atoms with E-state index >= 15 is 0 Å². The Balaban J connectivity index is 1.53. The number of benzene rings is 1. The van der Waals surface area contributed by atoms with Crippen LogP contribution in [0.4, 0.5) is 14.5 Å². The normalized spacial score (nSPS) is 21.1. The van der Waals surface area contributed by atoms with Gasteiger partial charge in [-0.1, -0.05) is 12.1 Å². The number of nitrogens with one attached hydrogen (secondary N) is 1. The Morgan fingerprint density at radius 1 is 1.27 bits per heavy atom. The van der Waals surface area contributed by atoms with Gasteiger partial charge in [0.25, 0.3) is 0 Å². The number of nitrogens with zero attached hydrogens (tertiary/aromatic N) is 1. The molecule has 3 N–H and O–H groups in total. The Labute approximate surface area is 130 Å². The minimum absolute atomic E-state index is 0.00203. The van der Waals surface area contributed by atoms with Crippen molar-refractivity contribution in [2.24, 2.45) is 16.6 Å². The van der Waals surface area contributed by atoms with E-state index in [1.54, 1.807) is 0 Å². The van der Waals surface area contributed by atoms with Gasteiger partial charge in [-0.3, -0.25) is 4.99 Å². The zero-order chi connectivity index (χ0) is 15.6. The summed E-state index contributed by atoms with van der Waals surface area (Å²) in [5.41, 5.74) is 9.69. The van der Waals surface area contributed by atoms with Gasteiger partial charge in [0.2, 0.25) is 5.92 Å². The highest BCUT2D eigenvalue weighted by atomic mass is 19.3. The summed E-state index contributed by atoms with van der Waals surface area (Å²) >= 11 is 0. The predicted octanol–water partition coefficient (Wildman–Crippen LogP) is 3.73. The molecule has 22 heavy (non-hydrogen) atoms. The summed E-state index contributed by atoms with van der Waals surface area (Å²) in [5.74, 6) is -1.97. The lowest BCUT2D eigenvalue weighted by molar-refractivity contribution is -0.111. The molecule has 1 aromatic rings. The molecule has 1 saturated carbocycles. The molecule has 0 atom stereocenters. The molecule has 5 heteroatoms. The van der Waals surface area contributed by atoms with Gasteiger partial charge in [0.05, 0.1) is 0 Å². The topological polar surface area (TPSA) is 50.4 Å². The average Bonchev–Trinajstić information content (AvgIpc) is 2.46. The second-order valence-electron chi connectivity index (χ2n) is 6.46. The second kappa shape index (κ2) is 6.23. The van der Waals surface area contributed by atoms with Gasteiger partial charge in [-0.05, 0) is 55.2 Å². The van der Waals surface area contributed by atoms with Crippen LogP contribution < -0.4 is 11.1 Å². The molecule has 0 saturated heterocycles. The maximum Gasteiger partial charge on any atom is 0.248 e. The smallest absolute Gasteiger partial charge is 0.248 e. The van der Waals surface area contributed by atoms with E-state index in [4.69, 9.17) is 5.73 Å². The first-order valence-electron chi connectivity index (χ1n) is 8.09. The largest absolute Gasteiger partial charge is 0.370 e. The van der Waals surface area contributed by atoms with E-state index in [0.29, 0.717) is 18.9 Å². The molecule has 1 fully saturated rings. The zero-order valence-electron chi connectivity index (χ0n) is 12.7. The molecule has 0 amide bonds. The fourth-order valence-electron chi connectivity index (χ4n) is 3.43. The summed E-state index contributed by atoms with van der Waals surface area (Å²) < 4.78 is 25.5. The van der Waals surface area contributed by atoms with Gasteiger partial charge >= 0.3 is 0 Å². The van der Waals surface area contributed by atoms with E-state index in [-0.39, 0.29) is 18.8 Å². The Hall–Kier alpha value is -1.65. The summed E-state index contributed by atoms with van der Waals surface area (Å²) in [6.07, 6.45) is 5.33. The Kier molecular flexibility index (Phi) is 4.32. The standard InChI is InChI=1S/C17H23F2N3/c18-17(19)10-12(11-17)8-9-21-16(20)22-15-7-3-5-13-4-1-2-6-14(13)15/h3,5,7,12H,1-2,4,6,8-11H2,(H3,20,21,22). The third-order valence-electron chi connectivity index (χ3n) is 4.65. The maximum atomic E-state index is 12.7. The average molecular weight is 307 g/mol. The van der Waals surface area contributed by atoms with Crippen LogP contribution in [0, 0.1) is 5.92 Å². The summed E-state index contributed by atoms with van der Waals surface area (Å²) in [6.45, 7) is 0.509. The summed E-state index contributed by atoms with van der Waals surface area (Å²) in [5, 5.41) is 3.18. The van der Waals surface area contributed by atoms with Crippen LogP contribution in [-0.4, -0.2) is 18.4 Å². The van der Waals surface area contributed by atoms with E-state index < -0.39 is 5.92 Å². The third kappa shape index (κ3) is 3.57. The number of fused-ring (bicyclic) bond motifs is 1. The zero-order valence-corrected chi connectivity index (χ0v) is 12.7. The van der Waals surface area contributed by atoms with Crippen LogP contribution in [0.1, 0.15) is 43.2 Å². The number of alkyl halides is 2. The van der Waals surface area contributed by atoms with Gasteiger partial charge < -0.3 is 11.1 Å². The first-order valence-corrected chi connectivity index (χ1v) is 8.09. The van der Waals surface area contributed by atoms with Gasteiger partial charge in [0, 0.05) is 25.1 Å². The molecule has 0 heterocycles. The Bertz CT molecular complexity index is 561. The van der Waals surface area contributed by atoms with E-state index in [0.717, 1.165) is 18.5 Å². The molecule has 3 rings (SSSR count). The van der Waals surface area contributed by atoms with Crippen LogP contribution in [0.2, 0.25) is 0 Å². The molecule has 3 nitrogen and oxygen atoms in total. The highest BCUT2D eigenvalue weighted by molar-refractivity contribution is 5.93. The predicted molar refractivity (Wildman–Crippen MR) is 85.5 cm³/mol. The highest BCUT2D eigenvalue weighted by Gasteiger charge is 2.44. The minimum atomic E-state index is -2.44. The van der Waals surface area contributed by atoms with Gasteiger partial charge in [-0.2, -0.15) is 0 Å². The molecule has 2 aliphatic carbocycles. The molecule has 0 bridgehead atoms. The van der Waals surface area contributed by atoms with Gasteiger partial charge in [-0.25, -0.2) is 8.78 Å². The summed E-state index contributed by atoms with van der Waals surface area (Å²) in [4.78, 5) is 4.28. The van der Waals surface area contributed by atoms with Crippen molar-refractivity contribution in [3.63, 3.8) is 0 Å². The van der Waals surface area contributed by atoms with Crippen LogP contribution in [-0.2, 0) is 12.8 Å². The lowest BCUT2D eigenvalue weighted by Gasteiger charge is -2.34. The second-order valence-corrected chi connectivity index (χ2v) is 6.46. The van der Waals surface area contributed by atoms with Crippen LogP contribution in [0.5, 0.6) is 0 Å². The van der Waals surface area contributed by atoms with Crippen molar-refractivity contribution < 1.29 is 8.78 Å². The van der Waals surface area contributed by atoms with Crippen LogP contribution in [0.15, 0.2) is 23.2 Å². The molecule has 0 unspecified atom stereocenters. The lowest BCUT2D eigenvalue weighted by Crippen LogP contribution is -2.35. The monoisotopic (exact) mass is 307 g/mol. The number of aryl methyl sites for hydroxylation is 1. The molecule has 1 aromatic carbocycles.